The smallest absolute Gasteiger partial charge is 0.248 e. The Kier molecular flexibility index (Phi) is 4.32. The summed E-state index contributed by atoms with van der Waals surface area (Å²) in [4.78, 5) is 10.9. The Morgan fingerprint density at radius 3 is 2.63 bits per heavy atom. The van der Waals surface area contributed by atoms with Gasteiger partial charge in [0.25, 0.3) is 0 Å². The number of hydrogen-bond donors (Lipinski definition) is 0. The molecule has 2 aromatic heterocycles. The monoisotopic (exact) mass is 369 g/mol. The normalized spacial score (nSPS) is 11.6. The Morgan fingerprint density at radius 1 is 1.26 bits per heavy atom. The predicted octanol–water partition coefficient (Wildman–Crippen LogP) is 4.46. The molecule has 0 fully saturated rings. The van der Waals surface area contributed by atoms with Crippen molar-refractivity contribution in [3.8, 4) is 0 Å². The van der Waals surface area contributed by atoms with E-state index in [-0.39, 0.29) is 5.03 Å². The van der Waals surface area contributed by atoms with E-state index in [1.807, 2.05) is 0 Å². The SMILES string of the molecule is FC(F)(F)c1cc(Sc2ncccc2Br)nc(Cl)n1. The van der Waals surface area contributed by atoms with Gasteiger partial charge >= 0.3 is 6.18 Å². The maximum atomic E-state index is 12.6. The van der Waals surface area contributed by atoms with Gasteiger partial charge in [0, 0.05) is 12.3 Å². The van der Waals surface area contributed by atoms with Crippen LogP contribution in [0.3, 0.4) is 0 Å². The standard InChI is InChI=1S/C10H4BrClF3N3S/c11-5-2-1-3-16-8(5)19-7-4-6(10(13,14)15)17-9(12)18-7/h1-4H. The fraction of sp³-hybridized carbons (Fsp3) is 0.100. The molecule has 0 atom stereocenters. The molecule has 2 heterocycles. The van der Waals surface area contributed by atoms with Crippen LogP contribution in [0.15, 0.2) is 38.9 Å². The lowest BCUT2D eigenvalue weighted by molar-refractivity contribution is -0.141. The van der Waals surface area contributed by atoms with Crippen LogP contribution in [0, 0.1) is 0 Å². The molecule has 19 heavy (non-hydrogen) atoms. The molecule has 0 unspecified atom stereocenters. The molecule has 0 aliphatic rings. The minimum Gasteiger partial charge on any atom is -0.248 e. The van der Waals surface area contributed by atoms with Crippen molar-refractivity contribution in [2.75, 3.05) is 0 Å². The van der Waals surface area contributed by atoms with E-state index in [0.717, 1.165) is 17.8 Å². The maximum Gasteiger partial charge on any atom is 0.433 e. The molecule has 0 aliphatic heterocycles. The van der Waals surface area contributed by atoms with E-state index < -0.39 is 17.2 Å². The van der Waals surface area contributed by atoms with Crippen LogP contribution < -0.4 is 0 Å². The van der Waals surface area contributed by atoms with Crippen molar-refractivity contribution in [2.45, 2.75) is 16.2 Å². The van der Waals surface area contributed by atoms with Crippen LogP contribution in [0.25, 0.3) is 0 Å². The van der Waals surface area contributed by atoms with Crippen molar-refractivity contribution in [1.29, 1.82) is 0 Å². The zero-order valence-corrected chi connectivity index (χ0v) is 12.1. The molecule has 2 aromatic rings. The van der Waals surface area contributed by atoms with E-state index in [2.05, 4.69) is 30.9 Å². The maximum absolute atomic E-state index is 12.6. The van der Waals surface area contributed by atoms with Crippen molar-refractivity contribution in [3.63, 3.8) is 0 Å². The number of aromatic nitrogens is 3. The first-order valence-electron chi connectivity index (χ1n) is 4.76. The lowest BCUT2D eigenvalue weighted by Gasteiger charge is -2.08. The summed E-state index contributed by atoms with van der Waals surface area (Å²) in [5, 5.41) is 0.112. The van der Waals surface area contributed by atoms with Gasteiger partial charge < -0.3 is 0 Å². The largest absolute Gasteiger partial charge is 0.433 e. The fourth-order valence-electron chi connectivity index (χ4n) is 1.14. The highest BCUT2D eigenvalue weighted by Gasteiger charge is 2.33. The Morgan fingerprint density at radius 2 is 2.00 bits per heavy atom. The Hall–Kier alpha value is -0.860. The molecule has 3 nitrogen and oxygen atoms in total. The van der Waals surface area contributed by atoms with E-state index in [0.29, 0.717) is 9.50 Å². The lowest BCUT2D eigenvalue weighted by Crippen LogP contribution is -2.09. The third-order valence-electron chi connectivity index (χ3n) is 1.89. The molecule has 0 saturated carbocycles. The van der Waals surface area contributed by atoms with Crippen molar-refractivity contribution in [1.82, 2.24) is 15.0 Å². The molecule has 100 valence electrons. The van der Waals surface area contributed by atoms with Crippen LogP contribution in [0.1, 0.15) is 5.69 Å². The molecular weight excluding hydrogens is 367 g/mol. The van der Waals surface area contributed by atoms with Crippen molar-refractivity contribution >= 4 is 39.3 Å². The molecule has 0 amide bonds. The van der Waals surface area contributed by atoms with Crippen molar-refractivity contribution < 1.29 is 13.2 Å². The van der Waals surface area contributed by atoms with Gasteiger partial charge in [0.15, 0.2) is 5.69 Å². The van der Waals surface area contributed by atoms with Gasteiger partial charge in [0.05, 0.1) is 4.47 Å². The van der Waals surface area contributed by atoms with Gasteiger partial charge in [-0.3, -0.25) is 0 Å². The van der Waals surface area contributed by atoms with Gasteiger partial charge in [0.1, 0.15) is 10.1 Å². The Labute approximate surface area is 123 Å². The Bertz CT molecular complexity index is 609. The van der Waals surface area contributed by atoms with E-state index in [1.54, 1.807) is 12.1 Å². The van der Waals surface area contributed by atoms with Crippen LogP contribution in [-0.4, -0.2) is 15.0 Å². The fourth-order valence-corrected chi connectivity index (χ4v) is 2.65. The predicted molar refractivity (Wildman–Crippen MR) is 68.1 cm³/mol. The summed E-state index contributed by atoms with van der Waals surface area (Å²) in [5.74, 6) is 0. The molecule has 0 bridgehead atoms. The highest BCUT2D eigenvalue weighted by atomic mass is 79.9. The molecule has 0 N–H and O–H groups in total. The Balaban J connectivity index is 2.36. The second kappa shape index (κ2) is 5.64. The topological polar surface area (TPSA) is 38.7 Å². The third-order valence-corrected chi connectivity index (χ3v) is 3.90. The first kappa shape index (κ1) is 14.5. The summed E-state index contributed by atoms with van der Waals surface area (Å²) >= 11 is 9.71. The number of hydrogen-bond acceptors (Lipinski definition) is 4. The first-order chi connectivity index (χ1) is 8.86. The number of rotatable bonds is 2. The van der Waals surface area contributed by atoms with Gasteiger partial charge in [0.2, 0.25) is 5.28 Å². The number of nitrogens with zero attached hydrogens (tertiary/aromatic N) is 3. The van der Waals surface area contributed by atoms with Gasteiger partial charge in [-0.2, -0.15) is 13.2 Å². The quantitative estimate of drug-likeness (QED) is 0.578. The molecule has 0 saturated heterocycles. The molecule has 0 aromatic carbocycles. The zero-order chi connectivity index (χ0) is 14.0. The van der Waals surface area contributed by atoms with Crippen LogP contribution in [0.5, 0.6) is 0 Å². The van der Waals surface area contributed by atoms with E-state index in [1.165, 1.54) is 6.20 Å². The summed E-state index contributed by atoms with van der Waals surface area (Å²) in [6, 6.07) is 4.25. The second-order valence-corrected chi connectivity index (χ2v) is 5.45. The molecule has 9 heteroatoms. The van der Waals surface area contributed by atoms with Gasteiger partial charge in [-0.25, -0.2) is 15.0 Å². The second-order valence-electron chi connectivity index (χ2n) is 3.25. The summed E-state index contributed by atoms with van der Waals surface area (Å²) in [7, 11) is 0. The van der Waals surface area contributed by atoms with E-state index in [4.69, 9.17) is 11.6 Å². The summed E-state index contributed by atoms with van der Waals surface area (Å²) < 4.78 is 38.4. The van der Waals surface area contributed by atoms with Crippen LogP contribution in [0.4, 0.5) is 13.2 Å². The summed E-state index contributed by atoms with van der Waals surface area (Å²) in [6.07, 6.45) is -3.04. The lowest BCUT2D eigenvalue weighted by atomic mass is 10.4. The van der Waals surface area contributed by atoms with Crippen molar-refractivity contribution in [2.24, 2.45) is 0 Å². The molecule has 0 spiro atoms. The van der Waals surface area contributed by atoms with Gasteiger partial charge in [-0.15, -0.1) is 0 Å². The van der Waals surface area contributed by atoms with Crippen LogP contribution in [0.2, 0.25) is 5.28 Å². The van der Waals surface area contributed by atoms with E-state index >= 15 is 0 Å². The molecular formula is C10H4BrClF3N3S. The average Bonchev–Trinajstić information content (AvgIpc) is 2.30. The number of pyridine rings is 1. The highest BCUT2D eigenvalue weighted by molar-refractivity contribution is 9.10. The minimum absolute atomic E-state index is 0.0757. The van der Waals surface area contributed by atoms with Gasteiger partial charge in [-0.1, -0.05) is 0 Å². The third kappa shape index (κ3) is 3.80. The first-order valence-corrected chi connectivity index (χ1v) is 6.75. The molecule has 0 aliphatic carbocycles. The van der Waals surface area contributed by atoms with Crippen LogP contribution in [-0.2, 0) is 6.18 Å². The number of alkyl halides is 3. The van der Waals surface area contributed by atoms with Crippen molar-refractivity contribution in [3.05, 3.63) is 39.8 Å². The minimum atomic E-state index is -4.57. The molecule has 2 rings (SSSR count). The summed E-state index contributed by atoms with van der Waals surface area (Å²) in [6.45, 7) is 0. The van der Waals surface area contributed by atoms with E-state index in [9.17, 15) is 13.2 Å². The number of halogens is 5. The van der Waals surface area contributed by atoms with Gasteiger partial charge in [-0.05, 0) is 51.4 Å². The zero-order valence-electron chi connectivity index (χ0n) is 8.95. The average molecular weight is 371 g/mol. The van der Waals surface area contributed by atoms with Crippen LogP contribution >= 0.6 is 39.3 Å². The summed E-state index contributed by atoms with van der Waals surface area (Å²) in [5.41, 5.74) is -1.08. The highest BCUT2D eigenvalue weighted by Crippen LogP contribution is 2.34. The molecule has 0 radical (unpaired) electrons.